The minimum absolute atomic E-state index is 0.0961. The lowest BCUT2D eigenvalue weighted by atomic mass is 10.3. The lowest BCUT2D eigenvalue weighted by Gasteiger charge is -2.08. The van der Waals surface area contributed by atoms with Crippen LogP contribution in [-0.4, -0.2) is 18.7 Å². The van der Waals surface area contributed by atoms with Crippen LogP contribution in [-0.2, 0) is 4.79 Å². The molecule has 0 aliphatic rings. The summed E-state index contributed by atoms with van der Waals surface area (Å²) >= 11 is 7.47. The molecule has 0 aliphatic heterocycles. The number of rotatable bonds is 5. The van der Waals surface area contributed by atoms with Gasteiger partial charge >= 0.3 is 0 Å². The Hall–Kier alpha value is -1.65. The Balaban J connectivity index is 1.83. The Morgan fingerprint density at radius 3 is 2.25 bits per heavy atom. The van der Waals surface area contributed by atoms with Gasteiger partial charge in [0.2, 0.25) is 5.91 Å². The van der Waals surface area contributed by atoms with Gasteiger partial charge in [-0.15, -0.1) is 11.8 Å². The zero-order valence-electron chi connectivity index (χ0n) is 11.0. The van der Waals surface area contributed by atoms with E-state index in [0.29, 0.717) is 5.02 Å². The van der Waals surface area contributed by atoms with E-state index in [4.69, 9.17) is 11.6 Å². The molecule has 0 heterocycles. The van der Waals surface area contributed by atoms with Gasteiger partial charge in [-0.05, 0) is 54.8 Å². The molecule has 0 atom stereocenters. The predicted molar refractivity (Wildman–Crippen MR) is 86.8 cm³/mol. The second-order valence-corrected chi connectivity index (χ2v) is 5.45. The number of anilines is 2. The number of nitrogens with one attached hydrogen (secondary N) is 2. The molecular formula is C15H15ClN2OS. The summed E-state index contributed by atoms with van der Waals surface area (Å²) in [5, 5.41) is 6.53. The van der Waals surface area contributed by atoms with Crippen molar-refractivity contribution in [3.05, 3.63) is 53.6 Å². The average molecular weight is 307 g/mol. The van der Waals surface area contributed by atoms with Gasteiger partial charge in [-0.2, -0.15) is 0 Å². The fourth-order valence-electron chi connectivity index (χ4n) is 1.63. The van der Waals surface area contributed by atoms with Crippen molar-refractivity contribution in [2.45, 2.75) is 4.90 Å². The molecule has 2 rings (SSSR count). The molecule has 0 spiro atoms. The fourth-order valence-corrected chi connectivity index (χ4v) is 2.16. The molecular weight excluding hydrogens is 292 g/mol. The molecule has 2 N–H and O–H groups in total. The maximum atomic E-state index is 11.8. The van der Waals surface area contributed by atoms with Crippen molar-refractivity contribution in [1.29, 1.82) is 0 Å². The van der Waals surface area contributed by atoms with E-state index in [2.05, 4.69) is 10.6 Å². The summed E-state index contributed by atoms with van der Waals surface area (Å²) in [4.78, 5) is 13.0. The molecule has 2 aromatic carbocycles. The van der Waals surface area contributed by atoms with Gasteiger partial charge in [-0.25, -0.2) is 0 Å². The van der Waals surface area contributed by atoms with Crippen LogP contribution in [0.5, 0.6) is 0 Å². The summed E-state index contributed by atoms with van der Waals surface area (Å²) in [5.74, 6) is -0.0961. The average Bonchev–Trinajstić information content (AvgIpc) is 2.48. The van der Waals surface area contributed by atoms with Gasteiger partial charge in [0.15, 0.2) is 0 Å². The molecule has 20 heavy (non-hydrogen) atoms. The first kappa shape index (κ1) is 14.8. The zero-order chi connectivity index (χ0) is 14.4. The Kier molecular flexibility index (Phi) is 5.32. The molecule has 2 aromatic rings. The third kappa shape index (κ3) is 4.47. The quantitative estimate of drug-likeness (QED) is 0.817. The first-order chi connectivity index (χ1) is 9.67. The van der Waals surface area contributed by atoms with E-state index in [1.54, 1.807) is 36.0 Å². The van der Waals surface area contributed by atoms with Crippen molar-refractivity contribution in [3.63, 3.8) is 0 Å². The highest BCUT2D eigenvalue weighted by atomic mass is 35.5. The zero-order valence-corrected chi connectivity index (χ0v) is 12.6. The summed E-state index contributed by atoms with van der Waals surface area (Å²) in [7, 11) is 0. The van der Waals surface area contributed by atoms with Gasteiger partial charge in [-0.1, -0.05) is 11.6 Å². The van der Waals surface area contributed by atoms with Crippen LogP contribution in [0.4, 0.5) is 11.4 Å². The molecule has 3 nitrogen and oxygen atoms in total. The number of hydrogen-bond donors (Lipinski definition) is 2. The maximum Gasteiger partial charge on any atom is 0.243 e. The van der Waals surface area contributed by atoms with Crippen LogP contribution in [0.1, 0.15) is 0 Å². The lowest BCUT2D eigenvalue weighted by Crippen LogP contribution is -2.21. The smallest absolute Gasteiger partial charge is 0.243 e. The van der Waals surface area contributed by atoms with E-state index in [1.165, 1.54) is 4.90 Å². The van der Waals surface area contributed by atoms with E-state index in [1.807, 2.05) is 30.5 Å². The minimum Gasteiger partial charge on any atom is -0.376 e. The van der Waals surface area contributed by atoms with Crippen LogP contribution in [0.2, 0.25) is 5.02 Å². The number of benzene rings is 2. The summed E-state index contributed by atoms with van der Waals surface area (Å²) in [6, 6.07) is 15.0. The molecule has 0 aliphatic carbocycles. The van der Waals surface area contributed by atoms with Gasteiger partial charge in [0.05, 0.1) is 6.54 Å². The highest BCUT2D eigenvalue weighted by molar-refractivity contribution is 7.98. The summed E-state index contributed by atoms with van der Waals surface area (Å²) in [6.45, 7) is 0.223. The molecule has 1 amide bonds. The molecule has 0 radical (unpaired) electrons. The maximum absolute atomic E-state index is 11.8. The number of carbonyl (C=O) groups is 1. The van der Waals surface area contributed by atoms with Crippen molar-refractivity contribution in [2.75, 3.05) is 23.4 Å². The molecule has 0 saturated carbocycles. The van der Waals surface area contributed by atoms with Crippen LogP contribution < -0.4 is 10.6 Å². The van der Waals surface area contributed by atoms with Crippen molar-refractivity contribution in [3.8, 4) is 0 Å². The molecule has 0 aromatic heterocycles. The van der Waals surface area contributed by atoms with Gasteiger partial charge < -0.3 is 10.6 Å². The Labute approximate surface area is 127 Å². The monoisotopic (exact) mass is 306 g/mol. The van der Waals surface area contributed by atoms with E-state index in [0.717, 1.165) is 11.4 Å². The van der Waals surface area contributed by atoms with E-state index in [-0.39, 0.29) is 12.5 Å². The van der Waals surface area contributed by atoms with Crippen LogP contribution in [0.15, 0.2) is 53.4 Å². The van der Waals surface area contributed by atoms with Crippen molar-refractivity contribution >= 4 is 40.6 Å². The topological polar surface area (TPSA) is 41.1 Å². The van der Waals surface area contributed by atoms with Gasteiger partial charge in [0, 0.05) is 21.3 Å². The third-order valence-corrected chi connectivity index (χ3v) is 3.67. The van der Waals surface area contributed by atoms with Crippen LogP contribution in [0.25, 0.3) is 0 Å². The number of halogens is 1. The molecule has 104 valence electrons. The lowest BCUT2D eigenvalue weighted by molar-refractivity contribution is -0.114. The number of hydrogen-bond acceptors (Lipinski definition) is 3. The number of carbonyl (C=O) groups excluding carboxylic acids is 1. The van der Waals surface area contributed by atoms with Crippen LogP contribution >= 0.6 is 23.4 Å². The van der Waals surface area contributed by atoms with E-state index in [9.17, 15) is 4.79 Å². The Morgan fingerprint density at radius 2 is 1.65 bits per heavy atom. The van der Waals surface area contributed by atoms with Crippen LogP contribution in [0.3, 0.4) is 0 Å². The van der Waals surface area contributed by atoms with Gasteiger partial charge in [0.25, 0.3) is 0 Å². The Morgan fingerprint density at radius 1 is 1.05 bits per heavy atom. The summed E-state index contributed by atoms with van der Waals surface area (Å²) < 4.78 is 0. The molecule has 0 bridgehead atoms. The standard InChI is InChI=1S/C15H15ClN2OS/c1-20-14-8-6-12(7-9-14)17-10-15(19)18-13-4-2-11(16)3-5-13/h2-9,17H,10H2,1H3,(H,18,19). The van der Waals surface area contributed by atoms with Crippen molar-refractivity contribution in [1.82, 2.24) is 0 Å². The van der Waals surface area contributed by atoms with Crippen LogP contribution in [0, 0.1) is 0 Å². The molecule has 0 saturated heterocycles. The largest absolute Gasteiger partial charge is 0.376 e. The summed E-state index contributed by atoms with van der Waals surface area (Å²) in [5.41, 5.74) is 1.66. The predicted octanol–water partition coefficient (Wildman–Crippen LogP) is 4.11. The molecule has 0 unspecified atom stereocenters. The Bertz CT molecular complexity index is 569. The first-order valence-electron chi connectivity index (χ1n) is 6.11. The fraction of sp³-hybridized carbons (Fsp3) is 0.133. The minimum atomic E-state index is -0.0961. The normalized spacial score (nSPS) is 10.1. The van der Waals surface area contributed by atoms with E-state index < -0.39 is 0 Å². The van der Waals surface area contributed by atoms with Crippen molar-refractivity contribution < 1.29 is 4.79 Å². The molecule has 0 fully saturated rings. The third-order valence-electron chi connectivity index (χ3n) is 2.67. The summed E-state index contributed by atoms with van der Waals surface area (Å²) in [6.07, 6.45) is 2.03. The second kappa shape index (κ2) is 7.22. The molecule has 5 heteroatoms. The van der Waals surface area contributed by atoms with E-state index >= 15 is 0 Å². The van der Waals surface area contributed by atoms with Gasteiger partial charge in [-0.3, -0.25) is 4.79 Å². The highest BCUT2D eigenvalue weighted by Crippen LogP contribution is 2.17. The first-order valence-corrected chi connectivity index (χ1v) is 7.71. The number of thioether (sulfide) groups is 1. The second-order valence-electron chi connectivity index (χ2n) is 4.14. The highest BCUT2D eigenvalue weighted by Gasteiger charge is 2.02. The SMILES string of the molecule is CSc1ccc(NCC(=O)Nc2ccc(Cl)cc2)cc1. The number of amides is 1. The van der Waals surface area contributed by atoms with Crippen molar-refractivity contribution in [2.24, 2.45) is 0 Å². The van der Waals surface area contributed by atoms with Gasteiger partial charge in [0.1, 0.15) is 0 Å².